The lowest BCUT2D eigenvalue weighted by Gasteiger charge is -2.08. The molecular weight excluding hydrogens is 264 g/mol. The summed E-state index contributed by atoms with van der Waals surface area (Å²) in [4.78, 5) is 11.0. The minimum absolute atomic E-state index is 0.244. The highest BCUT2D eigenvalue weighted by Gasteiger charge is 2.09. The minimum atomic E-state index is -0.933. The standard InChI is InChI=1S/C18H28O3/c1-2-3-4-5-6-7-8-9-12-15-21-17-14-11-10-13-16(17)18(19)20/h10-11,13-14H,2-9,12,15H2,1H3,(H,19,20). The summed E-state index contributed by atoms with van der Waals surface area (Å²) in [6.45, 7) is 2.84. The first-order valence-electron chi connectivity index (χ1n) is 8.20. The van der Waals surface area contributed by atoms with Crippen molar-refractivity contribution in [3.8, 4) is 5.75 Å². The van der Waals surface area contributed by atoms with Gasteiger partial charge in [-0.25, -0.2) is 4.79 Å². The van der Waals surface area contributed by atoms with E-state index in [0.717, 1.165) is 12.8 Å². The van der Waals surface area contributed by atoms with Crippen LogP contribution >= 0.6 is 0 Å². The van der Waals surface area contributed by atoms with E-state index in [1.165, 1.54) is 44.9 Å². The second-order valence-corrected chi connectivity index (χ2v) is 5.48. The van der Waals surface area contributed by atoms with Gasteiger partial charge in [0.25, 0.3) is 0 Å². The van der Waals surface area contributed by atoms with E-state index in [0.29, 0.717) is 12.4 Å². The Kier molecular flexibility index (Phi) is 9.34. The molecule has 1 aromatic rings. The molecule has 0 amide bonds. The lowest BCUT2D eigenvalue weighted by atomic mass is 10.1. The van der Waals surface area contributed by atoms with Crippen LogP contribution in [0.25, 0.3) is 0 Å². The van der Waals surface area contributed by atoms with E-state index in [1.807, 2.05) is 0 Å². The maximum atomic E-state index is 11.0. The van der Waals surface area contributed by atoms with Crippen molar-refractivity contribution >= 4 is 5.97 Å². The monoisotopic (exact) mass is 292 g/mol. The first-order chi connectivity index (χ1) is 10.3. The highest BCUT2D eigenvalue weighted by molar-refractivity contribution is 5.90. The van der Waals surface area contributed by atoms with Crippen molar-refractivity contribution in [2.75, 3.05) is 6.61 Å². The molecule has 0 saturated carbocycles. The molecule has 0 bridgehead atoms. The van der Waals surface area contributed by atoms with Crippen LogP contribution in [-0.2, 0) is 0 Å². The second kappa shape index (κ2) is 11.2. The Balaban J connectivity index is 2.06. The molecule has 21 heavy (non-hydrogen) atoms. The Morgan fingerprint density at radius 3 is 2.14 bits per heavy atom. The molecule has 0 unspecified atom stereocenters. The average Bonchev–Trinajstić information content (AvgIpc) is 2.49. The zero-order valence-electron chi connectivity index (χ0n) is 13.1. The predicted octanol–water partition coefficient (Wildman–Crippen LogP) is 5.29. The van der Waals surface area contributed by atoms with Crippen LogP contribution in [0, 0.1) is 0 Å². The van der Waals surface area contributed by atoms with Gasteiger partial charge >= 0.3 is 5.97 Å². The van der Waals surface area contributed by atoms with Gasteiger partial charge in [0.1, 0.15) is 11.3 Å². The molecule has 1 rings (SSSR count). The summed E-state index contributed by atoms with van der Waals surface area (Å²) >= 11 is 0. The van der Waals surface area contributed by atoms with E-state index in [1.54, 1.807) is 24.3 Å². The van der Waals surface area contributed by atoms with E-state index >= 15 is 0 Å². The number of carboxylic acids is 1. The molecule has 118 valence electrons. The van der Waals surface area contributed by atoms with Crippen molar-refractivity contribution in [2.24, 2.45) is 0 Å². The van der Waals surface area contributed by atoms with Crippen molar-refractivity contribution in [3.05, 3.63) is 29.8 Å². The fraction of sp³-hybridized carbons (Fsp3) is 0.611. The van der Waals surface area contributed by atoms with Gasteiger partial charge in [-0.1, -0.05) is 70.4 Å². The molecule has 0 heterocycles. The van der Waals surface area contributed by atoms with E-state index in [9.17, 15) is 4.79 Å². The quantitative estimate of drug-likeness (QED) is 0.532. The molecule has 0 atom stereocenters. The Bertz CT molecular complexity index is 401. The molecule has 3 nitrogen and oxygen atoms in total. The number of carbonyl (C=O) groups is 1. The number of hydrogen-bond donors (Lipinski definition) is 1. The number of carboxylic acid groups (broad SMARTS) is 1. The zero-order chi connectivity index (χ0) is 15.3. The van der Waals surface area contributed by atoms with Gasteiger partial charge < -0.3 is 9.84 Å². The molecule has 0 aromatic heterocycles. The summed E-state index contributed by atoms with van der Waals surface area (Å²) in [6.07, 6.45) is 11.4. The zero-order valence-corrected chi connectivity index (χ0v) is 13.1. The smallest absolute Gasteiger partial charge is 0.339 e. The van der Waals surface area contributed by atoms with Crippen molar-refractivity contribution < 1.29 is 14.6 Å². The molecule has 1 aromatic carbocycles. The first-order valence-corrected chi connectivity index (χ1v) is 8.20. The van der Waals surface area contributed by atoms with Crippen LogP contribution in [0.15, 0.2) is 24.3 Å². The summed E-state index contributed by atoms with van der Waals surface area (Å²) < 4.78 is 5.58. The Morgan fingerprint density at radius 1 is 0.952 bits per heavy atom. The fourth-order valence-corrected chi connectivity index (χ4v) is 2.36. The predicted molar refractivity (Wildman–Crippen MR) is 86.1 cm³/mol. The maximum absolute atomic E-state index is 11.0. The molecule has 0 spiro atoms. The lowest BCUT2D eigenvalue weighted by molar-refractivity contribution is 0.0692. The summed E-state index contributed by atoms with van der Waals surface area (Å²) in [5.74, 6) is -0.456. The van der Waals surface area contributed by atoms with Crippen molar-refractivity contribution in [3.63, 3.8) is 0 Å². The van der Waals surface area contributed by atoms with Crippen LogP contribution in [0.4, 0.5) is 0 Å². The van der Waals surface area contributed by atoms with Gasteiger partial charge in [0.2, 0.25) is 0 Å². The molecule has 0 radical (unpaired) electrons. The van der Waals surface area contributed by atoms with Gasteiger partial charge in [0.15, 0.2) is 0 Å². The van der Waals surface area contributed by atoms with Crippen molar-refractivity contribution in [2.45, 2.75) is 64.7 Å². The third kappa shape index (κ3) is 7.74. The summed E-state index contributed by atoms with van der Waals surface area (Å²) in [5, 5.41) is 9.05. The fourth-order valence-electron chi connectivity index (χ4n) is 2.36. The highest BCUT2D eigenvalue weighted by Crippen LogP contribution is 2.18. The van der Waals surface area contributed by atoms with Crippen molar-refractivity contribution in [1.82, 2.24) is 0 Å². The average molecular weight is 292 g/mol. The summed E-state index contributed by atoms with van der Waals surface area (Å²) in [7, 11) is 0. The van der Waals surface area contributed by atoms with Gasteiger partial charge in [-0.2, -0.15) is 0 Å². The summed E-state index contributed by atoms with van der Waals surface area (Å²) in [5.41, 5.74) is 0.244. The first kappa shape index (κ1) is 17.5. The van der Waals surface area contributed by atoms with Crippen LogP contribution in [0.3, 0.4) is 0 Å². The van der Waals surface area contributed by atoms with Crippen LogP contribution in [-0.4, -0.2) is 17.7 Å². The second-order valence-electron chi connectivity index (χ2n) is 5.48. The number of benzene rings is 1. The SMILES string of the molecule is CCCCCCCCCCCOc1ccccc1C(=O)O. The van der Waals surface area contributed by atoms with Crippen LogP contribution < -0.4 is 4.74 Å². The molecule has 0 aliphatic heterocycles. The van der Waals surface area contributed by atoms with Gasteiger partial charge in [-0.05, 0) is 18.6 Å². The van der Waals surface area contributed by atoms with E-state index in [4.69, 9.17) is 9.84 Å². The topological polar surface area (TPSA) is 46.5 Å². The van der Waals surface area contributed by atoms with Gasteiger partial charge in [-0.3, -0.25) is 0 Å². The van der Waals surface area contributed by atoms with E-state index < -0.39 is 5.97 Å². The normalized spacial score (nSPS) is 10.5. The van der Waals surface area contributed by atoms with Gasteiger partial charge in [-0.15, -0.1) is 0 Å². The molecule has 3 heteroatoms. The Morgan fingerprint density at radius 2 is 1.52 bits per heavy atom. The highest BCUT2D eigenvalue weighted by atomic mass is 16.5. The third-order valence-corrected chi connectivity index (χ3v) is 3.62. The Hall–Kier alpha value is -1.51. The van der Waals surface area contributed by atoms with Crippen LogP contribution in [0.2, 0.25) is 0 Å². The number of para-hydroxylation sites is 1. The number of rotatable bonds is 12. The van der Waals surface area contributed by atoms with Crippen molar-refractivity contribution in [1.29, 1.82) is 0 Å². The number of aromatic carboxylic acids is 1. The third-order valence-electron chi connectivity index (χ3n) is 3.62. The maximum Gasteiger partial charge on any atom is 0.339 e. The molecule has 0 aliphatic carbocycles. The largest absolute Gasteiger partial charge is 0.493 e. The van der Waals surface area contributed by atoms with Crippen LogP contribution in [0.1, 0.15) is 75.1 Å². The lowest BCUT2D eigenvalue weighted by Crippen LogP contribution is -2.04. The summed E-state index contributed by atoms with van der Waals surface area (Å²) in [6, 6.07) is 6.82. The molecule has 0 aliphatic rings. The molecule has 0 saturated heterocycles. The van der Waals surface area contributed by atoms with Crippen LogP contribution in [0.5, 0.6) is 5.75 Å². The molecular formula is C18H28O3. The Labute approximate surface area is 128 Å². The number of hydrogen-bond acceptors (Lipinski definition) is 2. The molecule has 1 N–H and O–H groups in total. The minimum Gasteiger partial charge on any atom is -0.493 e. The number of unbranched alkanes of at least 4 members (excludes halogenated alkanes) is 8. The molecule has 0 fully saturated rings. The van der Waals surface area contributed by atoms with Gasteiger partial charge in [0, 0.05) is 0 Å². The van der Waals surface area contributed by atoms with E-state index in [2.05, 4.69) is 6.92 Å². The van der Waals surface area contributed by atoms with Gasteiger partial charge in [0.05, 0.1) is 6.61 Å². The number of ether oxygens (including phenoxy) is 1. The van der Waals surface area contributed by atoms with E-state index in [-0.39, 0.29) is 5.56 Å².